The van der Waals surface area contributed by atoms with Gasteiger partial charge in [0.15, 0.2) is 11.5 Å². The van der Waals surface area contributed by atoms with Gasteiger partial charge in [-0.25, -0.2) is 0 Å². The number of carbonyl (C=O) groups excluding carboxylic acids is 1. The van der Waals surface area contributed by atoms with Crippen molar-refractivity contribution in [3.8, 4) is 17.2 Å². The SMILES string of the molecule is COc1cc(CCN2CC(C(=O)O)CC2=O)cc(OC)c1O. The van der Waals surface area contributed by atoms with Crippen LogP contribution in [-0.2, 0) is 16.0 Å². The summed E-state index contributed by atoms with van der Waals surface area (Å²) in [5.74, 6) is -1.20. The molecule has 0 bridgehead atoms. The molecule has 7 heteroatoms. The average Bonchev–Trinajstić information content (AvgIpc) is 2.87. The molecule has 120 valence electrons. The van der Waals surface area contributed by atoms with E-state index in [2.05, 4.69) is 0 Å². The molecule has 2 N–H and O–H groups in total. The molecule has 0 aromatic heterocycles. The number of rotatable bonds is 6. The van der Waals surface area contributed by atoms with Crippen LogP contribution in [0.1, 0.15) is 12.0 Å². The summed E-state index contributed by atoms with van der Waals surface area (Å²) in [6.07, 6.45) is 0.572. The number of likely N-dealkylation sites (tertiary alicyclic amines) is 1. The number of carboxylic acid groups (broad SMARTS) is 1. The number of benzene rings is 1. The van der Waals surface area contributed by atoms with Gasteiger partial charge in [0.25, 0.3) is 0 Å². The minimum atomic E-state index is -0.941. The Balaban J connectivity index is 2.06. The molecule has 7 nitrogen and oxygen atoms in total. The van der Waals surface area contributed by atoms with Crippen molar-refractivity contribution < 1.29 is 29.3 Å². The zero-order chi connectivity index (χ0) is 16.3. The molecular weight excluding hydrogens is 290 g/mol. The van der Waals surface area contributed by atoms with Gasteiger partial charge in [-0.1, -0.05) is 0 Å². The van der Waals surface area contributed by atoms with Crippen LogP contribution in [-0.4, -0.2) is 54.3 Å². The number of aromatic hydroxyl groups is 1. The van der Waals surface area contributed by atoms with Crippen LogP contribution in [0.25, 0.3) is 0 Å². The summed E-state index contributed by atoms with van der Waals surface area (Å²) in [5, 5.41) is 18.8. The van der Waals surface area contributed by atoms with Gasteiger partial charge in [-0.05, 0) is 24.1 Å². The van der Waals surface area contributed by atoms with Crippen LogP contribution in [0.5, 0.6) is 17.2 Å². The van der Waals surface area contributed by atoms with Crippen LogP contribution in [0.4, 0.5) is 0 Å². The number of methoxy groups -OCH3 is 2. The lowest BCUT2D eigenvalue weighted by Crippen LogP contribution is -2.28. The lowest BCUT2D eigenvalue weighted by molar-refractivity contribution is -0.141. The van der Waals surface area contributed by atoms with Crippen LogP contribution in [0.3, 0.4) is 0 Å². The predicted octanol–water partition coefficient (Wildman–Crippen LogP) is 0.885. The van der Waals surface area contributed by atoms with Gasteiger partial charge in [0.05, 0.1) is 20.1 Å². The topological polar surface area (TPSA) is 96.3 Å². The van der Waals surface area contributed by atoms with Gasteiger partial charge in [-0.2, -0.15) is 0 Å². The van der Waals surface area contributed by atoms with Crippen molar-refractivity contribution in [2.75, 3.05) is 27.3 Å². The first kappa shape index (κ1) is 15.9. The highest BCUT2D eigenvalue weighted by atomic mass is 16.5. The molecule has 1 saturated heterocycles. The number of carboxylic acids is 1. The summed E-state index contributed by atoms with van der Waals surface area (Å²) >= 11 is 0. The maximum atomic E-state index is 11.8. The second-order valence-electron chi connectivity index (χ2n) is 5.18. The summed E-state index contributed by atoms with van der Waals surface area (Å²) in [5.41, 5.74) is 0.832. The highest BCUT2D eigenvalue weighted by molar-refractivity contribution is 5.86. The van der Waals surface area contributed by atoms with E-state index in [-0.39, 0.29) is 24.6 Å². The Morgan fingerprint density at radius 2 is 1.91 bits per heavy atom. The van der Waals surface area contributed by atoms with Gasteiger partial charge in [0, 0.05) is 19.5 Å². The van der Waals surface area contributed by atoms with E-state index in [0.29, 0.717) is 24.5 Å². The van der Waals surface area contributed by atoms with Crippen molar-refractivity contribution in [1.29, 1.82) is 0 Å². The van der Waals surface area contributed by atoms with E-state index in [1.54, 1.807) is 17.0 Å². The standard InChI is InChI=1S/C15H19NO6/c1-21-11-5-9(6-12(22-2)14(11)18)3-4-16-8-10(15(19)20)7-13(16)17/h5-6,10,18H,3-4,7-8H2,1-2H3,(H,19,20). The number of phenolic OH excluding ortho intramolecular Hbond substituents is 1. The molecule has 0 saturated carbocycles. The van der Waals surface area contributed by atoms with E-state index in [1.165, 1.54) is 14.2 Å². The van der Waals surface area contributed by atoms with E-state index >= 15 is 0 Å². The second kappa shape index (κ2) is 6.55. The van der Waals surface area contributed by atoms with Crippen molar-refractivity contribution in [3.63, 3.8) is 0 Å². The summed E-state index contributed by atoms with van der Waals surface area (Å²) in [6.45, 7) is 0.653. The number of hydrogen-bond acceptors (Lipinski definition) is 5. The van der Waals surface area contributed by atoms with Crippen molar-refractivity contribution in [3.05, 3.63) is 17.7 Å². The van der Waals surface area contributed by atoms with Gasteiger partial charge >= 0.3 is 5.97 Å². The summed E-state index contributed by atoms with van der Waals surface area (Å²) < 4.78 is 10.2. The molecule has 1 aromatic carbocycles. The molecule has 1 aromatic rings. The minimum Gasteiger partial charge on any atom is -0.502 e. The fourth-order valence-electron chi connectivity index (χ4n) is 2.51. The Kier molecular flexibility index (Phi) is 4.75. The van der Waals surface area contributed by atoms with Crippen LogP contribution in [0.2, 0.25) is 0 Å². The molecule has 1 unspecified atom stereocenters. The van der Waals surface area contributed by atoms with Crippen molar-refractivity contribution in [2.45, 2.75) is 12.8 Å². The first-order valence-corrected chi connectivity index (χ1v) is 6.90. The third kappa shape index (κ3) is 3.24. The molecule has 1 fully saturated rings. The monoisotopic (exact) mass is 309 g/mol. The van der Waals surface area contributed by atoms with Gasteiger partial charge in [0.2, 0.25) is 11.7 Å². The third-order valence-corrected chi connectivity index (χ3v) is 3.77. The molecule has 0 aliphatic carbocycles. The van der Waals surface area contributed by atoms with Crippen LogP contribution < -0.4 is 9.47 Å². The minimum absolute atomic E-state index is 0.0531. The Hall–Kier alpha value is -2.44. The molecule has 1 heterocycles. The van der Waals surface area contributed by atoms with Crippen LogP contribution in [0.15, 0.2) is 12.1 Å². The largest absolute Gasteiger partial charge is 0.502 e. The second-order valence-corrected chi connectivity index (χ2v) is 5.18. The van der Waals surface area contributed by atoms with E-state index in [0.717, 1.165) is 5.56 Å². The normalized spacial score (nSPS) is 17.6. The van der Waals surface area contributed by atoms with Gasteiger partial charge in [-0.15, -0.1) is 0 Å². The number of nitrogens with zero attached hydrogens (tertiary/aromatic N) is 1. The lowest BCUT2D eigenvalue weighted by Gasteiger charge is -2.17. The molecule has 1 aliphatic rings. The van der Waals surface area contributed by atoms with Gasteiger partial charge < -0.3 is 24.6 Å². The summed E-state index contributed by atoms with van der Waals surface area (Å²) in [4.78, 5) is 24.3. The zero-order valence-electron chi connectivity index (χ0n) is 12.5. The maximum Gasteiger partial charge on any atom is 0.308 e. The quantitative estimate of drug-likeness (QED) is 0.810. The smallest absolute Gasteiger partial charge is 0.308 e. The average molecular weight is 309 g/mol. The van der Waals surface area contributed by atoms with Gasteiger partial charge in [0.1, 0.15) is 0 Å². The maximum absolute atomic E-state index is 11.8. The summed E-state index contributed by atoms with van der Waals surface area (Å²) in [7, 11) is 2.89. The van der Waals surface area contributed by atoms with E-state index in [9.17, 15) is 14.7 Å². The highest BCUT2D eigenvalue weighted by Gasteiger charge is 2.33. The number of amides is 1. The van der Waals surface area contributed by atoms with E-state index < -0.39 is 11.9 Å². The molecular formula is C15H19NO6. The predicted molar refractivity (Wildman–Crippen MR) is 77.2 cm³/mol. The van der Waals surface area contributed by atoms with Gasteiger partial charge in [-0.3, -0.25) is 9.59 Å². The highest BCUT2D eigenvalue weighted by Crippen LogP contribution is 2.37. The Bertz CT molecular complexity index is 560. The van der Waals surface area contributed by atoms with E-state index in [1.807, 2.05) is 0 Å². The number of phenols is 1. The van der Waals surface area contributed by atoms with Crippen LogP contribution >= 0.6 is 0 Å². The molecule has 22 heavy (non-hydrogen) atoms. The fourth-order valence-corrected chi connectivity index (χ4v) is 2.51. The lowest BCUT2D eigenvalue weighted by atomic mass is 10.1. The molecule has 1 aliphatic heterocycles. The molecule has 2 rings (SSSR count). The van der Waals surface area contributed by atoms with E-state index in [4.69, 9.17) is 14.6 Å². The number of hydrogen-bond donors (Lipinski definition) is 2. The zero-order valence-corrected chi connectivity index (χ0v) is 12.5. The number of aliphatic carboxylic acids is 1. The Morgan fingerprint density at radius 1 is 1.32 bits per heavy atom. The van der Waals surface area contributed by atoms with Crippen molar-refractivity contribution in [2.24, 2.45) is 5.92 Å². The van der Waals surface area contributed by atoms with Crippen molar-refractivity contribution in [1.82, 2.24) is 4.90 Å². The Morgan fingerprint density at radius 3 is 2.36 bits per heavy atom. The van der Waals surface area contributed by atoms with Crippen molar-refractivity contribution >= 4 is 11.9 Å². The Labute approximate surface area is 128 Å². The fraction of sp³-hybridized carbons (Fsp3) is 0.467. The first-order valence-electron chi connectivity index (χ1n) is 6.90. The molecule has 0 radical (unpaired) electrons. The summed E-state index contributed by atoms with van der Waals surface area (Å²) in [6, 6.07) is 3.35. The third-order valence-electron chi connectivity index (χ3n) is 3.77. The number of ether oxygens (including phenoxy) is 2. The molecule has 0 spiro atoms. The number of carbonyl (C=O) groups is 2. The van der Waals surface area contributed by atoms with Crippen LogP contribution in [0, 0.1) is 5.92 Å². The first-order chi connectivity index (χ1) is 10.5. The molecule has 1 amide bonds. The molecule has 1 atom stereocenters.